The van der Waals surface area contributed by atoms with Crippen molar-refractivity contribution in [3.05, 3.63) is 62.5 Å². The molecule has 0 saturated heterocycles. The van der Waals surface area contributed by atoms with E-state index < -0.39 is 0 Å². The van der Waals surface area contributed by atoms with Gasteiger partial charge in [0.2, 0.25) is 0 Å². The van der Waals surface area contributed by atoms with Crippen LogP contribution in [0.1, 0.15) is 11.1 Å². The fraction of sp³-hybridized carbons (Fsp3) is 0.143. The first kappa shape index (κ1) is 14.7. The lowest BCUT2D eigenvalue weighted by molar-refractivity contribution is 0.414. The maximum Gasteiger partial charge on any atom is 0.261 e. The van der Waals surface area contributed by atoms with Gasteiger partial charge in [0.25, 0.3) is 5.56 Å². The van der Waals surface area contributed by atoms with Crippen LogP contribution in [0.4, 0.5) is 0 Å². The Hall–Kier alpha value is -1.66. The van der Waals surface area contributed by atoms with E-state index in [2.05, 4.69) is 15.9 Å². The van der Waals surface area contributed by atoms with Crippen molar-refractivity contribution < 1.29 is 4.74 Å². The maximum atomic E-state index is 12.2. The number of hydrogen-bond acceptors (Lipinski definition) is 3. The molecule has 1 aromatic heterocycles. The standard InChI is InChI=1S/C14H13BrN2O2S/c1-19-10-4-5-12(15)9(7-10)8-17-6-2-3-11(13(16)20)14(17)18/h2-7H,8H2,1H3,(H2,16,20). The van der Waals surface area contributed by atoms with Gasteiger partial charge in [-0.15, -0.1) is 0 Å². The lowest BCUT2D eigenvalue weighted by Crippen LogP contribution is -2.28. The molecule has 2 rings (SSSR count). The summed E-state index contributed by atoms with van der Waals surface area (Å²) in [6.45, 7) is 0.410. The second-order valence-electron chi connectivity index (χ2n) is 4.18. The molecule has 4 nitrogen and oxygen atoms in total. The Kier molecular flexibility index (Phi) is 4.57. The molecule has 0 unspecified atom stereocenters. The van der Waals surface area contributed by atoms with E-state index >= 15 is 0 Å². The summed E-state index contributed by atoms with van der Waals surface area (Å²) in [6.07, 6.45) is 1.70. The quantitative estimate of drug-likeness (QED) is 0.857. The number of aromatic nitrogens is 1. The second kappa shape index (κ2) is 6.19. The first-order valence-corrected chi connectivity index (χ1v) is 7.04. The Morgan fingerprint density at radius 3 is 2.85 bits per heavy atom. The number of halogens is 1. The van der Waals surface area contributed by atoms with Crippen LogP contribution in [0.25, 0.3) is 0 Å². The summed E-state index contributed by atoms with van der Waals surface area (Å²) in [4.78, 5) is 12.3. The van der Waals surface area contributed by atoms with Crippen LogP contribution in [0.15, 0.2) is 45.8 Å². The average molecular weight is 353 g/mol. The summed E-state index contributed by atoms with van der Waals surface area (Å²) in [5.41, 5.74) is 6.63. The van der Waals surface area contributed by atoms with Gasteiger partial charge in [-0.25, -0.2) is 0 Å². The van der Waals surface area contributed by atoms with E-state index in [1.165, 1.54) is 0 Å². The summed E-state index contributed by atoms with van der Waals surface area (Å²) in [5, 5.41) is 0. The van der Waals surface area contributed by atoms with Gasteiger partial charge < -0.3 is 15.0 Å². The zero-order chi connectivity index (χ0) is 14.7. The molecule has 0 aliphatic heterocycles. The summed E-state index contributed by atoms with van der Waals surface area (Å²) < 4.78 is 7.66. The highest BCUT2D eigenvalue weighted by molar-refractivity contribution is 9.10. The third-order valence-electron chi connectivity index (χ3n) is 2.88. The molecule has 0 amide bonds. The molecule has 104 valence electrons. The molecule has 0 radical (unpaired) electrons. The number of benzene rings is 1. The van der Waals surface area contributed by atoms with E-state index in [1.54, 1.807) is 30.0 Å². The van der Waals surface area contributed by atoms with Crippen LogP contribution in [0.3, 0.4) is 0 Å². The minimum atomic E-state index is -0.199. The number of ether oxygens (including phenoxy) is 1. The van der Waals surface area contributed by atoms with E-state index in [1.807, 2.05) is 18.2 Å². The van der Waals surface area contributed by atoms with Crippen molar-refractivity contribution in [2.45, 2.75) is 6.54 Å². The van der Waals surface area contributed by atoms with E-state index in [-0.39, 0.29) is 10.5 Å². The van der Waals surface area contributed by atoms with Crippen molar-refractivity contribution in [3.63, 3.8) is 0 Å². The molecule has 20 heavy (non-hydrogen) atoms. The van der Waals surface area contributed by atoms with Crippen molar-refractivity contribution in [2.24, 2.45) is 5.73 Å². The van der Waals surface area contributed by atoms with E-state index in [9.17, 15) is 4.79 Å². The first-order chi connectivity index (χ1) is 9.52. The van der Waals surface area contributed by atoms with Gasteiger partial charge >= 0.3 is 0 Å². The van der Waals surface area contributed by atoms with Gasteiger partial charge in [0, 0.05) is 10.7 Å². The predicted octanol–water partition coefficient (Wildman–Crippen LogP) is 2.30. The lowest BCUT2D eigenvalue weighted by Gasteiger charge is -2.10. The Bertz CT molecular complexity index is 713. The van der Waals surface area contributed by atoms with Crippen molar-refractivity contribution in [3.8, 4) is 5.75 Å². The molecule has 0 saturated carbocycles. The largest absolute Gasteiger partial charge is 0.497 e. The Morgan fingerprint density at radius 1 is 1.45 bits per heavy atom. The minimum Gasteiger partial charge on any atom is -0.497 e. The normalized spacial score (nSPS) is 10.3. The Labute approximate surface area is 130 Å². The predicted molar refractivity (Wildman–Crippen MR) is 86.4 cm³/mol. The molecule has 2 N–H and O–H groups in total. The fourth-order valence-corrected chi connectivity index (χ4v) is 2.36. The molecule has 0 atom stereocenters. The first-order valence-electron chi connectivity index (χ1n) is 5.84. The third-order valence-corrected chi connectivity index (χ3v) is 3.87. The van der Waals surface area contributed by atoms with E-state index in [4.69, 9.17) is 22.7 Å². The zero-order valence-corrected chi connectivity index (χ0v) is 13.2. The van der Waals surface area contributed by atoms with Gasteiger partial charge in [-0.05, 0) is 35.9 Å². The van der Waals surface area contributed by atoms with Crippen molar-refractivity contribution >= 4 is 33.1 Å². The highest BCUT2D eigenvalue weighted by atomic mass is 79.9. The molecule has 2 aromatic rings. The molecule has 0 spiro atoms. The topological polar surface area (TPSA) is 57.2 Å². The number of nitrogens with zero attached hydrogens (tertiary/aromatic N) is 1. The van der Waals surface area contributed by atoms with Crippen LogP contribution in [-0.4, -0.2) is 16.7 Å². The summed E-state index contributed by atoms with van der Waals surface area (Å²) >= 11 is 8.34. The Balaban J connectivity index is 2.43. The van der Waals surface area contributed by atoms with Crippen LogP contribution in [0.2, 0.25) is 0 Å². The maximum absolute atomic E-state index is 12.2. The number of pyridine rings is 1. The van der Waals surface area contributed by atoms with Gasteiger partial charge in [-0.2, -0.15) is 0 Å². The third kappa shape index (κ3) is 3.08. The molecule has 1 aromatic carbocycles. The number of methoxy groups -OCH3 is 1. The van der Waals surface area contributed by atoms with Gasteiger partial charge in [-0.1, -0.05) is 28.1 Å². The van der Waals surface area contributed by atoms with Gasteiger partial charge in [-0.3, -0.25) is 4.79 Å². The SMILES string of the molecule is COc1ccc(Br)c(Cn2cccc(C(N)=S)c2=O)c1. The van der Waals surface area contributed by atoms with E-state index in [0.29, 0.717) is 12.1 Å². The van der Waals surface area contributed by atoms with Gasteiger partial charge in [0.15, 0.2) is 0 Å². The number of hydrogen-bond donors (Lipinski definition) is 1. The van der Waals surface area contributed by atoms with Crippen LogP contribution in [0.5, 0.6) is 5.75 Å². The molecule has 6 heteroatoms. The summed E-state index contributed by atoms with van der Waals surface area (Å²) in [7, 11) is 1.60. The molecule has 0 aliphatic carbocycles. The van der Waals surface area contributed by atoms with Crippen LogP contribution in [0, 0.1) is 0 Å². The minimum absolute atomic E-state index is 0.106. The molecule has 1 heterocycles. The number of rotatable bonds is 4. The summed E-state index contributed by atoms with van der Waals surface area (Å²) in [5.74, 6) is 0.738. The monoisotopic (exact) mass is 352 g/mol. The molecule has 0 bridgehead atoms. The molecule has 0 aliphatic rings. The van der Waals surface area contributed by atoms with Crippen molar-refractivity contribution in [1.29, 1.82) is 0 Å². The van der Waals surface area contributed by atoms with Gasteiger partial charge in [0.1, 0.15) is 10.7 Å². The molecular weight excluding hydrogens is 340 g/mol. The van der Waals surface area contributed by atoms with Gasteiger partial charge in [0.05, 0.1) is 19.2 Å². The highest BCUT2D eigenvalue weighted by Crippen LogP contribution is 2.22. The molecule has 0 fully saturated rings. The fourth-order valence-electron chi connectivity index (χ4n) is 1.83. The number of thiocarbonyl (C=S) groups is 1. The zero-order valence-electron chi connectivity index (χ0n) is 10.8. The highest BCUT2D eigenvalue weighted by Gasteiger charge is 2.08. The lowest BCUT2D eigenvalue weighted by atomic mass is 10.2. The average Bonchev–Trinajstić information content (AvgIpc) is 2.43. The van der Waals surface area contributed by atoms with E-state index in [0.717, 1.165) is 15.8 Å². The second-order valence-corrected chi connectivity index (χ2v) is 5.47. The van der Waals surface area contributed by atoms with Crippen LogP contribution in [-0.2, 0) is 6.54 Å². The van der Waals surface area contributed by atoms with Crippen molar-refractivity contribution in [1.82, 2.24) is 4.57 Å². The number of nitrogens with two attached hydrogens (primary N) is 1. The van der Waals surface area contributed by atoms with Crippen LogP contribution >= 0.6 is 28.1 Å². The van der Waals surface area contributed by atoms with Crippen LogP contribution < -0.4 is 16.0 Å². The summed E-state index contributed by atoms with van der Waals surface area (Å²) in [6, 6.07) is 8.99. The van der Waals surface area contributed by atoms with Crippen molar-refractivity contribution in [2.75, 3.05) is 7.11 Å². The molecular formula is C14H13BrN2O2S. The smallest absolute Gasteiger partial charge is 0.261 e. The Morgan fingerprint density at radius 2 is 2.20 bits per heavy atom.